The number of amides is 1. The van der Waals surface area contributed by atoms with Gasteiger partial charge in [-0.3, -0.25) is 14.9 Å². The lowest BCUT2D eigenvalue weighted by Gasteiger charge is -2.24. The van der Waals surface area contributed by atoms with Gasteiger partial charge in [-0.2, -0.15) is 11.8 Å². The van der Waals surface area contributed by atoms with E-state index in [9.17, 15) is 14.9 Å². The largest absolute Gasteiger partial charge is 0.348 e. The molecule has 1 aromatic rings. The van der Waals surface area contributed by atoms with Crippen LogP contribution in [0.4, 0.5) is 5.69 Å². The number of carbonyl (C=O) groups excluding carboxylic acids is 1. The monoisotopic (exact) mass is 295 g/mol. The van der Waals surface area contributed by atoms with Crippen LogP contribution in [0.5, 0.6) is 0 Å². The normalized spacial score (nSPS) is 20.1. The molecule has 2 unspecified atom stereocenters. The molecule has 20 heavy (non-hydrogen) atoms. The molecule has 108 valence electrons. The van der Waals surface area contributed by atoms with Crippen LogP contribution in [0.15, 0.2) is 24.3 Å². The number of benzene rings is 1. The Bertz CT molecular complexity index is 503. The van der Waals surface area contributed by atoms with E-state index in [0.29, 0.717) is 0 Å². The first-order valence-electron chi connectivity index (χ1n) is 6.44. The molecule has 0 bridgehead atoms. The number of rotatable bonds is 4. The number of non-ortho nitro benzene ring substituents is 1. The number of carbonyl (C=O) groups is 1. The number of hydrogen-bond acceptors (Lipinski definition) is 5. The smallest absolute Gasteiger partial charge is 0.269 e. The van der Waals surface area contributed by atoms with E-state index in [1.54, 1.807) is 23.9 Å². The summed E-state index contributed by atoms with van der Waals surface area (Å²) in [7, 11) is 0. The summed E-state index contributed by atoms with van der Waals surface area (Å²) < 4.78 is 0. The minimum absolute atomic E-state index is 0.0370. The fraction of sp³-hybridized carbons (Fsp3) is 0.462. The Labute approximate surface area is 121 Å². The molecular formula is C13H17N3O3S. The molecule has 2 N–H and O–H groups in total. The van der Waals surface area contributed by atoms with E-state index in [1.165, 1.54) is 12.1 Å². The molecule has 1 saturated heterocycles. The third kappa shape index (κ3) is 3.71. The zero-order valence-electron chi connectivity index (χ0n) is 11.2. The third-order valence-corrected chi connectivity index (χ3v) is 4.24. The molecule has 1 amide bonds. The van der Waals surface area contributed by atoms with E-state index in [-0.39, 0.29) is 23.7 Å². The maximum absolute atomic E-state index is 12.1. The van der Waals surface area contributed by atoms with E-state index < -0.39 is 4.92 Å². The molecular weight excluding hydrogens is 278 g/mol. The highest BCUT2D eigenvalue weighted by atomic mass is 32.2. The number of nitro groups is 1. The average Bonchev–Trinajstić information content (AvgIpc) is 2.48. The van der Waals surface area contributed by atoms with Crippen LogP contribution in [-0.4, -0.2) is 34.9 Å². The van der Waals surface area contributed by atoms with Crippen molar-refractivity contribution in [2.75, 3.05) is 18.1 Å². The quantitative estimate of drug-likeness (QED) is 0.649. The molecule has 6 nitrogen and oxygen atoms in total. The Balaban J connectivity index is 2.00. The zero-order chi connectivity index (χ0) is 14.5. The van der Waals surface area contributed by atoms with Crippen molar-refractivity contribution in [3.63, 3.8) is 0 Å². The standard InChI is InChI=1S/C13H17N3O3S/c1-9(10-3-2-4-11(7-10)16(18)19)15-13(17)12-8-20-6-5-14-12/h2-4,7,9,12,14H,5-6,8H2,1H3,(H,15,17). The second-order valence-corrected chi connectivity index (χ2v) is 5.81. The summed E-state index contributed by atoms with van der Waals surface area (Å²) in [6, 6.07) is 5.91. The van der Waals surface area contributed by atoms with Crippen molar-refractivity contribution in [1.29, 1.82) is 0 Å². The first-order valence-corrected chi connectivity index (χ1v) is 7.59. The van der Waals surface area contributed by atoms with Crippen LogP contribution in [0.25, 0.3) is 0 Å². The number of nitrogens with one attached hydrogen (secondary N) is 2. The van der Waals surface area contributed by atoms with Crippen molar-refractivity contribution in [2.24, 2.45) is 0 Å². The highest BCUT2D eigenvalue weighted by Gasteiger charge is 2.22. The molecule has 0 radical (unpaired) electrons. The maximum Gasteiger partial charge on any atom is 0.269 e. The van der Waals surface area contributed by atoms with E-state index >= 15 is 0 Å². The van der Waals surface area contributed by atoms with Crippen LogP contribution >= 0.6 is 11.8 Å². The van der Waals surface area contributed by atoms with Gasteiger partial charge in [0.1, 0.15) is 0 Å². The summed E-state index contributed by atoms with van der Waals surface area (Å²) in [5, 5.41) is 16.8. The highest BCUT2D eigenvalue weighted by Crippen LogP contribution is 2.19. The van der Waals surface area contributed by atoms with E-state index in [2.05, 4.69) is 10.6 Å². The third-order valence-electron chi connectivity index (χ3n) is 3.18. The number of thioether (sulfide) groups is 1. The minimum Gasteiger partial charge on any atom is -0.348 e. The molecule has 1 aliphatic heterocycles. The van der Waals surface area contributed by atoms with E-state index in [0.717, 1.165) is 23.6 Å². The van der Waals surface area contributed by atoms with Crippen molar-refractivity contribution in [2.45, 2.75) is 19.0 Å². The maximum atomic E-state index is 12.1. The van der Waals surface area contributed by atoms with Crippen molar-refractivity contribution in [1.82, 2.24) is 10.6 Å². The van der Waals surface area contributed by atoms with Gasteiger partial charge in [-0.1, -0.05) is 12.1 Å². The summed E-state index contributed by atoms with van der Waals surface area (Å²) in [4.78, 5) is 22.4. The number of nitro benzene ring substituents is 1. The molecule has 2 atom stereocenters. The Morgan fingerprint density at radius 3 is 3.05 bits per heavy atom. The summed E-state index contributed by atoms with van der Waals surface area (Å²) in [5.41, 5.74) is 0.769. The number of nitrogens with zero attached hydrogens (tertiary/aromatic N) is 1. The summed E-state index contributed by atoms with van der Waals surface area (Å²) in [5.74, 6) is 1.72. The Morgan fingerprint density at radius 2 is 2.40 bits per heavy atom. The first-order chi connectivity index (χ1) is 9.58. The van der Waals surface area contributed by atoms with Gasteiger partial charge in [-0.25, -0.2) is 0 Å². The van der Waals surface area contributed by atoms with E-state index in [1.807, 2.05) is 6.92 Å². The molecule has 0 aliphatic carbocycles. The fourth-order valence-electron chi connectivity index (χ4n) is 2.04. The minimum atomic E-state index is -0.433. The van der Waals surface area contributed by atoms with Gasteiger partial charge in [0, 0.05) is 30.2 Å². The molecule has 0 saturated carbocycles. The van der Waals surface area contributed by atoms with Crippen LogP contribution in [0.3, 0.4) is 0 Å². The van der Waals surface area contributed by atoms with Gasteiger partial charge >= 0.3 is 0 Å². The molecule has 1 fully saturated rings. The SMILES string of the molecule is CC(NC(=O)C1CSCCN1)c1cccc([N+](=O)[O-])c1. The molecule has 2 rings (SSSR count). The van der Waals surface area contributed by atoms with Crippen LogP contribution < -0.4 is 10.6 Å². The zero-order valence-corrected chi connectivity index (χ0v) is 12.0. The predicted molar refractivity (Wildman–Crippen MR) is 78.8 cm³/mol. The van der Waals surface area contributed by atoms with Crippen LogP contribution in [0.2, 0.25) is 0 Å². The van der Waals surface area contributed by atoms with Crippen molar-refractivity contribution in [3.8, 4) is 0 Å². The fourth-order valence-corrected chi connectivity index (χ4v) is 2.97. The van der Waals surface area contributed by atoms with Gasteiger partial charge < -0.3 is 10.6 Å². The Hall–Kier alpha value is -1.60. The first kappa shape index (κ1) is 14.8. The van der Waals surface area contributed by atoms with Gasteiger partial charge in [-0.05, 0) is 12.5 Å². The topological polar surface area (TPSA) is 84.3 Å². The van der Waals surface area contributed by atoms with Gasteiger partial charge in [-0.15, -0.1) is 0 Å². The predicted octanol–water partition coefficient (Wildman–Crippen LogP) is 1.48. The van der Waals surface area contributed by atoms with Gasteiger partial charge in [0.25, 0.3) is 5.69 Å². The summed E-state index contributed by atoms with van der Waals surface area (Å²) in [6.07, 6.45) is 0. The lowest BCUT2D eigenvalue weighted by Crippen LogP contribution is -2.49. The molecule has 1 aliphatic rings. The Kier molecular flexibility index (Phi) is 4.97. The van der Waals surface area contributed by atoms with Crippen LogP contribution in [0.1, 0.15) is 18.5 Å². The van der Waals surface area contributed by atoms with Gasteiger partial charge in [0.2, 0.25) is 5.91 Å². The highest BCUT2D eigenvalue weighted by molar-refractivity contribution is 7.99. The molecule has 0 aromatic heterocycles. The lowest BCUT2D eigenvalue weighted by molar-refractivity contribution is -0.384. The van der Waals surface area contributed by atoms with Crippen molar-refractivity contribution < 1.29 is 9.72 Å². The average molecular weight is 295 g/mol. The Morgan fingerprint density at radius 1 is 1.60 bits per heavy atom. The van der Waals surface area contributed by atoms with E-state index in [4.69, 9.17) is 0 Å². The molecule has 1 heterocycles. The van der Waals surface area contributed by atoms with Gasteiger partial charge in [0.05, 0.1) is 17.0 Å². The summed E-state index contributed by atoms with van der Waals surface area (Å²) in [6.45, 7) is 2.65. The van der Waals surface area contributed by atoms with Crippen LogP contribution in [0, 0.1) is 10.1 Å². The second kappa shape index (κ2) is 6.71. The molecule has 1 aromatic carbocycles. The van der Waals surface area contributed by atoms with Gasteiger partial charge in [0.15, 0.2) is 0 Å². The molecule has 0 spiro atoms. The molecule has 7 heteroatoms. The summed E-state index contributed by atoms with van der Waals surface area (Å²) >= 11 is 1.75. The van der Waals surface area contributed by atoms with Crippen LogP contribution in [-0.2, 0) is 4.79 Å². The van der Waals surface area contributed by atoms with Crippen molar-refractivity contribution in [3.05, 3.63) is 39.9 Å². The van der Waals surface area contributed by atoms with Crippen molar-refractivity contribution >= 4 is 23.4 Å². The number of hydrogen-bond donors (Lipinski definition) is 2. The second-order valence-electron chi connectivity index (χ2n) is 4.66. The lowest BCUT2D eigenvalue weighted by atomic mass is 10.1.